The van der Waals surface area contributed by atoms with Crippen LogP contribution in [-0.2, 0) is 6.61 Å². The molecule has 0 fully saturated rings. The molecule has 0 saturated heterocycles. The molecule has 8 nitrogen and oxygen atoms in total. The molecule has 0 aliphatic heterocycles. The van der Waals surface area contributed by atoms with Gasteiger partial charge in [0.15, 0.2) is 0 Å². The summed E-state index contributed by atoms with van der Waals surface area (Å²) >= 11 is 12.6. The van der Waals surface area contributed by atoms with Gasteiger partial charge in [-0.25, -0.2) is 9.67 Å². The molecule has 0 radical (unpaired) electrons. The molecule has 10 heteroatoms. The van der Waals surface area contributed by atoms with Gasteiger partial charge in [-0.2, -0.15) is 0 Å². The van der Waals surface area contributed by atoms with Crippen molar-refractivity contribution in [1.82, 2.24) is 20.0 Å². The minimum absolute atomic E-state index is 0.0650. The first-order chi connectivity index (χ1) is 13.3. The van der Waals surface area contributed by atoms with E-state index in [4.69, 9.17) is 27.9 Å². The summed E-state index contributed by atoms with van der Waals surface area (Å²) in [7, 11) is 0. The molecule has 3 aromatic rings. The van der Waals surface area contributed by atoms with E-state index in [0.29, 0.717) is 21.4 Å². The highest BCUT2D eigenvalue weighted by Gasteiger charge is 2.21. The van der Waals surface area contributed by atoms with Gasteiger partial charge < -0.3 is 4.74 Å². The maximum Gasteiger partial charge on any atom is 0.290 e. The summed E-state index contributed by atoms with van der Waals surface area (Å²) in [5.41, 5.74) is 2.12. The Hall–Kier alpha value is -2.71. The van der Waals surface area contributed by atoms with Gasteiger partial charge in [-0.15, -0.1) is 5.10 Å². The molecule has 0 atom stereocenters. The molecule has 146 valence electrons. The van der Waals surface area contributed by atoms with Gasteiger partial charge in [0.2, 0.25) is 5.88 Å². The average Bonchev–Trinajstić information content (AvgIpc) is 3.03. The maximum atomic E-state index is 10.9. The van der Waals surface area contributed by atoms with Crippen LogP contribution in [0.15, 0.2) is 30.3 Å². The Kier molecular flexibility index (Phi) is 5.81. The third kappa shape index (κ3) is 3.93. The van der Waals surface area contributed by atoms with Gasteiger partial charge in [0.05, 0.1) is 20.7 Å². The van der Waals surface area contributed by atoms with E-state index in [9.17, 15) is 10.1 Å². The second-order valence-corrected chi connectivity index (χ2v) is 7.17. The van der Waals surface area contributed by atoms with Crippen LogP contribution in [-0.4, -0.2) is 24.9 Å². The Balaban J connectivity index is 1.97. The number of ether oxygens (including phenoxy) is 1. The van der Waals surface area contributed by atoms with Gasteiger partial charge in [-0.1, -0.05) is 48.3 Å². The van der Waals surface area contributed by atoms with E-state index in [-0.39, 0.29) is 29.8 Å². The van der Waals surface area contributed by atoms with E-state index < -0.39 is 4.92 Å². The molecule has 1 aromatic carbocycles. The van der Waals surface area contributed by atoms with Crippen molar-refractivity contribution in [3.8, 4) is 11.6 Å². The number of halogens is 2. The van der Waals surface area contributed by atoms with Gasteiger partial charge in [0, 0.05) is 12.1 Å². The van der Waals surface area contributed by atoms with Crippen molar-refractivity contribution in [3.05, 3.63) is 67.6 Å². The van der Waals surface area contributed by atoms with Crippen LogP contribution in [0.4, 0.5) is 5.69 Å². The number of pyridine rings is 1. The first-order valence-electron chi connectivity index (χ1n) is 8.43. The van der Waals surface area contributed by atoms with Crippen LogP contribution in [0.5, 0.6) is 5.88 Å². The molecule has 28 heavy (non-hydrogen) atoms. The van der Waals surface area contributed by atoms with Crippen molar-refractivity contribution < 1.29 is 9.66 Å². The fourth-order valence-corrected chi connectivity index (χ4v) is 3.27. The fourth-order valence-electron chi connectivity index (χ4n) is 2.71. The normalized spacial score (nSPS) is 11.1. The van der Waals surface area contributed by atoms with Gasteiger partial charge in [-0.3, -0.25) is 10.1 Å². The third-order valence-electron chi connectivity index (χ3n) is 4.08. The molecule has 3 rings (SSSR count). The first kappa shape index (κ1) is 20.0. The molecular weight excluding hydrogens is 405 g/mol. The Morgan fingerprint density at radius 2 is 1.89 bits per heavy atom. The number of hydrogen-bond donors (Lipinski definition) is 0. The number of nitro groups is 1. The van der Waals surface area contributed by atoms with Gasteiger partial charge >= 0.3 is 0 Å². The highest BCUT2D eigenvalue weighted by molar-refractivity contribution is 6.37. The minimum Gasteiger partial charge on any atom is -0.471 e. The van der Waals surface area contributed by atoms with Crippen molar-refractivity contribution in [2.45, 2.75) is 33.3 Å². The lowest BCUT2D eigenvalue weighted by molar-refractivity contribution is -0.385. The lowest BCUT2D eigenvalue weighted by atomic mass is 10.1. The number of para-hydroxylation sites is 1. The smallest absolute Gasteiger partial charge is 0.290 e. The van der Waals surface area contributed by atoms with E-state index in [1.807, 2.05) is 13.8 Å². The number of aromatic nitrogens is 4. The monoisotopic (exact) mass is 421 g/mol. The SMILES string of the molecule is Cc1nc(OCc2c(C(C)C)nnn2-c2c(Cl)cccc2Cl)ccc1[N+](=O)[O-]. The minimum atomic E-state index is -0.485. The summed E-state index contributed by atoms with van der Waals surface area (Å²) in [5.74, 6) is 0.344. The Morgan fingerprint density at radius 1 is 1.21 bits per heavy atom. The van der Waals surface area contributed by atoms with Crippen LogP contribution in [0.2, 0.25) is 10.0 Å². The maximum absolute atomic E-state index is 10.9. The molecule has 0 bridgehead atoms. The van der Waals surface area contributed by atoms with Crippen molar-refractivity contribution in [3.63, 3.8) is 0 Å². The molecule has 0 amide bonds. The molecule has 0 spiro atoms. The lowest BCUT2D eigenvalue weighted by Gasteiger charge is -2.13. The quantitative estimate of drug-likeness (QED) is 0.415. The summed E-state index contributed by atoms with van der Waals surface area (Å²) in [6.07, 6.45) is 0. The van der Waals surface area contributed by atoms with Crippen LogP contribution >= 0.6 is 23.2 Å². The highest BCUT2D eigenvalue weighted by atomic mass is 35.5. The Morgan fingerprint density at radius 3 is 2.46 bits per heavy atom. The summed E-state index contributed by atoms with van der Waals surface area (Å²) < 4.78 is 7.33. The topological polar surface area (TPSA) is 96.0 Å². The number of nitrogens with zero attached hydrogens (tertiary/aromatic N) is 5. The average molecular weight is 422 g/mol. The van der Waals surface area contributed by atoms with Crippen molar-refractivity contribution in [2.24, 2.45) is 0 Å². The Bertz CT molecular complexity index is 1020. The molecule has 0 N–H and O–H groups in total. The second-order valence-electron chi connectivity index (χ2n) is 6.36. The third-order valence-corrected chi connectivity index (χ3v) is 4.69. The van der Waals surface area contributed by atoms with Crippen LogP contribution < -0.4 is 4.74 Å². The molecular formula is C18H17Cl2N5O3. The summed E-state index contributed by atoms with van der Waals surface area (Å²) in [4.78, 5) is 14.6. The molecule has 0 aliphatic carbocycles. The fraction of sp³-hybridized carbons (Fsp3) is 0.278. The zero-order valence-electron chi connectivity index (χ0n) is 15.4. The first-order valence-corrected chi connectivity index (χ1v) is 9.19. The number of rotatable bonds is 6. The predicted octanol–water partition coefficient (Wildman–Crippen LogP) is 4.89. The summed E-state index contributed by atoms with van der Waals surface area (Å²) in [6.45, 7) is 5.62. The van der Waals surface area contributed by atoms with Crippen molar-refractivity contribution in [2.75, 3.05) is 0 Å². The van der Waals surface area contributed by atoms with Crippen LogP contribution in [0.25, 0.3) is 5.69 Å². The molecule has 2 aromatic heterocycles. The molecule has 0 saturated carbocycles. The number of aryl methyl sites for hydroxylation is 1. The van der Waals surface area contributed by atoms with E-state index in [0.717, 1.165) is 5.69 Å². The van der Waals surface area contributed by atoms with Crippen LogP contribution in [0, 0.1) is 17.0 Å². The highest BCUT2D eigenvalue weighted by Crippen LogP contribution is 2.31. The number of hydrogen-bond acceptors (Lipinski definition) is 6. The van der Waals surface area contributed by atoms with Gasteiger partial charge in [0.25, 0.3) is 5.69 Å². The number of benzene rings is 1. The second kappa shape index (κ2) is 8.12. The largest absolute Gasteiger partial charge is 0.471 e. The zero-order valence-corrected chi connectivity index (χ0v) is 16.9. The predicted molar refractivity (Wildman–Crippen MR) is 105 cm³/mol. The summed E-state index contributed by atoms with van der Waals surface area (Å²) in [6, 6.07) is 7.99. The van der Waals surface area contributed by atoms with E-state index >= 15 is 0 Å². The molecule has 0 aliphatic rings. The molecule has 2 heterocycles. The van der Waals surface area contributed by atoms with Crippen molar-refractivity contribution in [1.29, 1.82) is 0 Å². The lowest BCUT2D eigenvalue weighted by Crippen LogP contribution is -2.10. The van der Waals surface area contributed by atoms with E-state index in [2.05, 4.69) is 15.3 Å². The zero-order chi connectivity index (χ0) is 20.4. The van der Waals surface area contributed by atoms with Gasteiger partial charge in [0.1, 0.15) is 23.7 Å². The standard InChI is InChI=1S/C18H17Cl2N5O3/c1-10(2)17-15(9-28-16-8-7-14(25(26)27)11(3)21-16)24(23-22-17)18-12(19)5-4-6-13(18)20/h4-8,10H,9H2,1-3H3. The van der Waals surface area contributed by atoms with Crippen LogP contribution in [0.1, 0.15) is 36.8 Å². The van der Waals surface area contributed by atoms with Crippen LogP contribution in [0.3, 0.4) is 0 Å². The van der Waals surface area contributed by atoms with E-state index in [1.54, 1.807) is 29.8 Å². The van der Waals surface area contributed by atoms with E-state index in [1.165, 1.54) is 12.1 Å². The van der Waals surface area contributed by atoms with Gasteiger partial charge in [-0.05, 0) is 25.0 Å². The van der Waals surface area contributed by atoms with Crippen molar-refractivity contribution >= 4 is 28.9 Å². The Labute approximate surface area is 171 Å². The molecule has 0 unspecified atom stereocenters. The summed E-state index contributed by atoms with van der Waals surface area (Å²) in [5, 5.41) is 20.3.